The fourth-order valence-electron chi connectivity index (χ4n) is 1.80. The van der Waals surface area contributed by atoms with E-state index in [-0.39, 0.29) is 0 Å². The molecule has 0 aromatic heterocycles. The third-order valence-electron chi connectivity index (χ3n) is 3.10. The maximum absolute atomic E-state index is 11.7. The number of nitrogens with one attached hydrogen (secondary N) is 1. The number of ether oxygens (including phenoxy) is 2. The first-order chi connectivity index (χ1) is 8.85. The zero-order valence-corrected chi connectivity index (χ0v) is 12.3. The van der Waals surface area contributed by atoms with E-state index >= 15 is 0 Å². The molecule has 19 heavy (non-hydrogen) atoms. The number of methoxy groups -OCH3 is 2. The largest absolute Gasteiger partial charge is 0.497 e. The Hall–Kier alpha value is -1.31. The van der Waals surface area contributed by atoms with Gasteiger partial charge >= 0.3 is 0 Å². The fourth-order valence-corrected chi connectivity index (χ4v) is 2.52. The van der Waals surface area contributed by atoms with Gasteiger partial charge in [0.25, 0.3) is 0 Å². The average Bonchev–Trinajstić information content (AvgIpc) is 2.38. The Labute approximate surface area is 113 Å². The summed E-state index contributed by atoms with van der Waals surface area (Å²) >= 11 is 0. The van der Waals surface area contributed by atoms with Gasteiger partial charge in [0.1, 0.15) is 11.5 Å². The van der Waals surface area contributed by atoms with Crippen molar-refractivity contribution in [3.63, 3.8) is 0 Å². The Morgan fingerprint density at radius 1 is 1.26 bits per heavy atom. The first kappa shape index (κ1) is 15.7. The van der Waals surface area contributed by atoms with Gasteiger partial charge in [-0.25, -0.2) is 8.42 Å². The molecule has 0 fully saturated rings. The highest BCUT2D eigenvalue weighted by Crippen LogP contribution is 2.32. The van der Waals surface area contributed by atoms with Crippen LogP contribution in [0, 0.1) is 0 Å². The summed E-state index contributed by atoms with van der Waals surface area (Å²) in [6.07, 6.45) is 1.18. The minimum atomic E-state index is -3.23. The van der Waals surface area contributed by atoms with Crippen LogP contribution in [0.15, 0.2) is 18.2 Å². The highest BCUT2D eigenvalue weighted by molar-refractivity contribution is 7.91. The Balaban J connectivity index is 3.25. The smallest absolute Gasteiger partial charge is 0.151 e. The van der Waals surface area contributed by atoms with Crippen LogP contribution in [-0.2, 0) is 9.84 Å². The van der Waals surface area contributed by atoms with Crippen molar-refractivity contribution >= 4 is 9.84 Å². The maximum Gasteiger partial charge on any atom is 0.151 e. The third-order valence-corrected chi connectivity index (χ3v) is 4.72. The number of hydrazine groups is 1. The molecule has 0 heterocycles. The topological polar surface area (TPSA) is 90.6 Å². The van der Waals surface area contributed by atoms with Crippen LogP contribution in [0.4, 0.5) is 0 Å². The fraction of sp³-hybridized carbons (Fsp3) is 0.500. The molecule has 2 atom stereocenters. The van der Waals surface area contributed by atoms with Crippen LogP contribution in [0.3, 0.4) is 0 Å². The van der Waals surface area contributed by atoms with Gasteiger partial charge in [0.05, 0.1) is 25.5 Å². The number of hydrogen-bond donors (Lipinski definition) is 2. The molecular formula is C12H20N2O4S. The molecule has 1 aromatic carbocycles. The van der Waals surface area contributed by atoms with Gasteiger partial charge in [-0.15, -0.1) is 0 Å². The minimum absolute atomic E-state index is 0.526. The first-order valence-corrected chi connectivity index (χ1v) is 7.67. The molecule has 0 saturated carbocycles. The van der Waals surface area contributed by atoms with E-state index in [4.69, 9.17) is 15.3 Å². The molecule has 2 unspecified atom stereocenters. The molecule has 108 valence electrons. The maximum atomic E-state index is 11.7. The van der Waals surface area contributed by atoms with Crippen molar-refractivity contribution in [3.8, 4) is 11.5 Å². The summed E-state index contributed by atoms with van der Waals surface area (Å²) in [5.74, 6) is 6.65. The number of rotatable bonds is 6. The Bertz CT molecular complexity index is 531. The molecule has 0 aliphatic rings. The molecule has 0 bridgehead atoms. The van der Waals surface area contributed by atoms with E-state index in [1.807, 2.05) is 0 Å². The quantitative estimate of drug-likeness (QED) is 0.590. The normalized spacial score (nSPS) is 14.8. The van der Waals surface area contributed by atoms with Crippen LogP contribution in [0.5, 0.6) is 11.5 Å². The van der Waals surface area contributed by atoms with Crippen molar-refractivity contribution in [3.05, 3.63) is 23.8 Å². The van der Waals surface area contributed by atoms with Gasteiger partial charge in [0, 0.05) is 17.9 Å². The zero-order valence-electron chi connectivity index (χ0n) is 11.5. The van der Waals surface area contributed by atoms with Crippen LogP contribution in [-0.4, -0.2) is 34.1 Å². The summed E-state index contributed by atoms with van der Waals surface area (Å²) in [6.45, 7) is 1.60. The molecule has 1 aromatic rings. The van der Waals surface area contributed by atoms with Crippen molar-refractivity contribution in [2.75, 3.05) is 20.5 Å². The second-order valence-corrected chi connectivity index (χ2v) is 6.69. The van der Waals surface area contributed by atoms with E-state index in [0.29, 0.717) is 17.1 Å². The standard InChI is InChI=1S/C12H20N2O4S/c1-8(19(4,15)16)12(14-13)10-6-5-9(17-2)7-11(10)18-3/h5-8,12,14H,13H2,1-4H3. The summed E-state index contributed by atoms with van der Waals surface area (Å²) in [7, 11) is -0.174. The lowest BCUT2D eigenvalue weighted by molar-refractivity contribution is 0.383. The predicted molar refractivity (Wildman–Crippen MR) is 73.9 cm³/mol. The monoisotopic (exact) mass is 288 g/mol. The van der Waals surface area contributed by atoms with Crippen molar-refractivity contribution in [2.24, 2.45) is 5.84 Å². The SMILES string of the molecule is COc1ccc(C(NN)C(C)S(C)(=O)=O)c(OC)c1. The zero-order chi connectivity index (χ0) is 14.6. The molecule has 0 aliphatic carbocycles. The summed E-state index contributed by atoms with van der Waals surface area (Å²) in [4.78, 5) is 0. The van der Waals surface area contributed by atoms with Gasteiger partial charge in [-0.3, -0.25) is 11.3 Å². The minimum Gasteiger partial charge on any atom is -0.497 e. The number of hydrogen-bond acceptors (Lipinski definition) is 6. The third kappa shape index (κ3) is 3.59. The van der Waals surface area contributed by atoms with Gasteiger partial charge in [0.15, 0.2) is 9.84 Å². The average molecular weight is 288 g/mol. The summed E-state index contributed by atoms with van der Waals surface area (Å²) in [5, 5.41) is -0.681. The Kier molecular flexibility index (Phi) is 5.16. The van der Waals surface area contributed by atoms with Gasteiger partial charge in [-0.2, -0.15) is 0 Å². The van der Waals surface area contributed by atoms with Crippen LogP contribution >= 0.6 is 0 Å². The van der Waals surface area contributed by atoms with Gasteiger partial charge in [0.2, 0.25) is 0 Å². The predicted octanol–water partition coefficient (Wildman–Crippen LogP) is 0.641. The molecule has 0 saturated heterocycles. The van der Waals surface area contributed by atoms with E-state index in [1.54, 1.807) is 32.2 Å². The summed E-state index contributed by atoms with van der Waals surface area (Å²) in [5.41, 5.74) is 3.21. The van der Waals surface area contributed by atoms with E-state index < -0.39 is 21.1 Å². The van der Waals surface area contributed by atoms with Crippen LogP contribution in [0.1, 0.15) is 18.5 Å². The van der Waals surface area contributed by atoms with Crippen molar-refractivity contribution in [1.82, 2.24) is 5.43 Å². The lowest BCUT2D eigenvalue weighted by Gasteiger charge is -2.24. The van der Waals surface area contributed by atoms with Gasteiger partial charge in [-0.1, -0.05) is 0 Å². The molecule has 6 nitrogen and oxygen atoms in total. The van der Waals surface area contributed by atoms with Gasteiger partial charge in [-0.05, 0) is 19.1 Å². The molecule has 0 amide bonds. The second-order valence-electron chi connectivity index (χ2n) is 4.29. The molecule has 3 N–H and O–H groups in total. The highest BCUT2D eigenvalue weighted by Gasteiger charge is 2.28. The Morgan fingerprint density at radius 3 is 2.32 bits per heavy atom. The lowest BCUT2D eigenvalue weighted by Crippen LogP contribution is -2.39. The van der Waals surface area contributed by atoms with E-state index in [1.165, 1.54) is 13.4 Å². The van der Waals surface area contributed by atoms with E-state index in [0.717, 1.165) is 0 Å². The van der Waals surface area contributed by atoms with Crippen molar-refractivity contribution in [2.45, 2.75) is 18.2 Å². The van der Waals surface area contributed by atoms with Crippen molar-refractivity contribution in [1.29, 1.82) is 0 Å². The highest BCUT2D eigenvalue weighted by atomic mass is 32.2. The molecule has 0 aliphatic heterocycles. The lowest BCUT2D eigenvalue weighted by atomic mass is 10.0. The number of sulfone groups is 1. The van der Waals surface area contributed by atoms with Crippen LogP contribution < -0.4 is 20.7 Å². The van der Waals surface area contributed by atoms with Gasteiger partial charge < -0.3 is 9.47 Å². The summed E-state index contributed by atoms with van der Waals surface area (Å²) < 4.78 is 33.7. The Morgan fingerprint density at radius 2 is 1.89 bits per heavy atom. The molecule has 1 rings (SSSR count). The van der Waals surface area contributed by atoms with E-state index in [2.05, 4.69) is 5.43 Å². The molecular weight excluding hydrogens is 268 g/mol. The van der Waals surface area contributed by atoms with E-state index in [9.17, 15) is 8.42 Å². The van der Waals surface area contributed by atoms with Crippen LogP contribution in [0.2, 0.25) is 0 Å². The molecule has 0 radical (unpaired) electrons. The first-order valence-electron chi connectivity index (χ1n) is 5.72. The number of nitrogens with two attached hydrogens (primary N) is 1. The molecule has 0 spiro atoms. The number of benzene rings is 1. The summed E-state index contributed by atoms with van der Waals surface area (Å²) in [6, 6.07) is 4.60. The molecule has 7 heteroatoms. The second kappa shape index (κ2) is 6.23. The van der Waals surface area contributed by atoms with Crippen LogP contribution in [0.25, 0.3) is 0 Å². The van der Waals surface area contributed by atoms with Crippen molar-refractivity contribution < 1.29 is 17.9 Å².